The lowest BCUT2D eigenvalue weighted by atomic mass is 9.82. The summed E-state index contributed by atoms with van der Waals surface area (Å²) in [4.78, 5) is 4.57. The molecule has 0 heterocycles. The van der Waals surface area contributed by atoms with Gasteiger partial charge in [-0.2, -0.15) is 0 Å². The Balaban J connectivity index is 1.38. The highest BCUT2D eigenvalue weighted by Crippen LogP contribution is 2.41. The molecule has 6 rings (SSSR count). The van der Waals surface area contributed by atoms with Gasteiger partial charge >= 0.3 is 0 Å². The van der Waals surface area contributed by atoms with E-state index in [1.165, 1.54) is 0 Å². The number of rotatable bonds is 7. The molecule has 5 aromatic rings. The molecule has 0 saturated carbocycles. The molecule has 190 valence electrons. The van der Waals surface area contributed by atoms with Gasteiger partial charge in [-0.05, 0) is 72.3 Å². The first-order chi connectivity index (χ1) is 19.2. The third-order valence-electron chi connectivity index (χ3n) is 7.14. The average Bonchev–Trinajstić information content (AvgIpc) is 3.00. The fourth-order valence-corrected chi connectivity index (χ4v) is 5.27. The van der Waals surface area contributed by atoms with Crippen molar-refractivity contribution in [3.8, 4) is 0 Å². The standard InChI is InChI=1S/C36H31N3/c37-36(26-14-25-35(28-36)39(32-20-9-3-10-21-32)33-22-11-4-12-23-33)29-15-13-24-34(27-29)38(30-16-5-1-6-17-30)31-18-7-2-8-19-31/h1-27H,28,37H2. The summed E-state index contributed by atoms with van der Waals surface area (Å²) >= 11 is 0. The minimum atomic E-state index is -0.666. The highest BCUT2D eigenvalue weighted by molar-refractivity contribution is 5.77. The van der Waals surface area contributed by atoms with Gasteiger partial charge in [0.2, 0.25) is 0 Å². The molecule has 1 unspecified atom stereocenters. The Morgan fingerprint density at radius 3 is 1.41 bits per heavy atom. The van der Waals surface area contributed by atoms with Crippen molar-refractivity contribution < 1.29 is 0 Å². The Hall–Kier alpha value is -4.86. The predicted molar refractivity (Wildman–Crippen MR) is 164 cm³/mol. The summed E-state index contributed by atoms with van der Waals surface area (Å²) in [5.74, 6) is 0. The molecule has 39 heavy (non-hydrogen) atoms. The van der Waals surface area contributed by atoms with Gasteiger partial charge in [-0.1, -0.05) is 97.1 Å². The first-order valence-electron chi connectivity index (χ1n) is 13.3. The van der Waals surface area contributed by atoms with Gasteiger partial charge < -0.3 is 15.5 Å². The number of anilines is 5. The van der Waals surface area contributed by atoms with E-state index < -0.39 is 5.54 Å². The Bertz CT molecular complexity index is 1500. The van der Waals surface area contributed by atoms with Crippen LogP contribution in [0.2, 0.25) is 0 Å². The third kappa shape index (κ3) is 5.13. The van der Waals surface area contributed by atoms with Crippen LogP contribution in [0.1, 0.15) is 12.0 Å². The molecule has 2 N–H and O–H groups in total. The number of hydrogen-bond donors (Lipinski definition) is 1. The molecule has 3 nitrogen and oxygen atoms in total. The number of nitrogens with two attached hydrogens (primary N) is 1. The maximum Gasteiger partial charge on any atom is 0.0654 e. The fraction of sp³-hybridized carbons (Fsp3) is 0.0556. The molecular formula is C36H31N3. The number of allylic oxidation sites excluding steroid dienone is 2. The van der Waals surface area contributed by atoms with E-state index in [1.807, 2.05) is 24.3 Å². The monoisotopic (exact) mass is 505 g/mol. The molecule has 0 spiro atoms. The maximum absolute atomic E-state index is 7.24. The van der Waals surface area contributed by atoms with Crippen LogP contribution < -0.4 is 15.5 Å². The highest BCUT2D eigenvalue weighted by atomic mass is 15.2. The molecule has 1 atom stereocenters. The van der Waals surface area contributed by atoms with E-state index in [2.05, 4.69) is 149 Å². The number of hydrogen-bond acceptors (Lipinski definition) is 3. The van der Waals surface area contributed by atoms with Gasteiger partial charge in [-0.15, -0.1) is 0 Å². The summed E-state index contributed by atoms with van der Waals surface area (Å²) in [5.41, 5.74) is 14.3. The van der Waals surface area contributed by atoms with E-state index in [1.54, 1.807) is 0 Å². The van der Waals surface area contributed by atoms with Crippen molar-refractivity contribution in [3.05, 3.63) is 175 Å². The lowest BCUT2D eigenvalue weighted by Crippen LogP contribution is -2.38. The van der Waals surface area contributed by atoms with Gasteiger partial charge in [-0.3, -0.25) is 0 Å². The van der Waals surface area contributed by atoms with E-state index in [9.17, 15) is 0 Å². The van der Waals surface area contributed by atoms with Crippen LogP contribution in [-0.2, 0) is 5.54 Å². The van der Waals surface area contributed by atoms with Crippen LogP contribution in [0.3, 0.4) is 0 Å². The van der Waals surface area contributed by atoms with Gasteiger partial charge in [0.15, 0.2) is 0 Å². The van der Waals surface area contributed by atoms with Crippen LogP contribution in [0.5, 0.6) is 0 Å². The van der Waals surface area contributed by atoms with Gasteiger partial charge in [0.05, 0.1) is 5.54 Å². The van der Waals surface area contributed by atoms with Crippen LogP contribution >= 0.6 is 0 Å². The summed E-state index contributed by atoms with van der Waals surface area (Å²) in [6.07, 6.45) is 7.05. The second-order valence-corrected chi connectivity index (χ2v) is 9.80. The zero-order valence-electron chi connectivity index (χ0n) is 21.8. The number of nitrogens with zero attached hydrogens (tertiary/aromatic N) is 2. The van der Waals surface area contributed by atoms with Crippen LogP contribution in [0.4, 0.5) is 28.4 Å². The Labute approximate surface area is 230 Å². The van der Waals surface area contributed by atoms with Crippen molar-refractivity contribution in [2.24, 2.45) is 5.73 Å². The quantitative estimate of drug-likeness (QED) is 0.239. The zero-order chi connectivity index (χ0) is 26.5. The van der Waals surface area contributed by atoms with Crippen molar-refractivity contribution in [2.75, 3.05) is 9.80 Å². The van der Waals surface area contributed by atoms with E-state index in [0.717, 1.165) is 39.7 Å². The summed E-state index contributed by atoms with van der Waals surface area (Å²) in [6, 6.07) is 50.5. The molecule has 5 aromatic carbocycles. The molecule has 0 aromatic heterocycles. The highest BCUT2D eigenvalue weighted by Gasteiger charge is 2.31. The molecule has 0 bridgehead atoms. The molecule has 1 aliphatic carbocycles. The van der Waals surface area contributed by atoms with Crippen LogP contribution in [0.25, 0.3) is 0 Å². The lowest BCUT2D eigenvalue weighted by Gasteiger charge is -2.36. The second-order valence-electron chi connectivity index (χ2n) is 9.80. The minimum absolute atomic E-state index is 0.660. The van der Waals surface area contributed by atoms with Crippen molar-refractivity contribution in [1.82, 2.24) is 0 Å². The van der Waals surface area contributed by atoms with E-state index in [-0.39, 0.29) is 0 Å². The molecule has 3 heteroatoms. The summed E-state index contributed by atoms with van der Waals surface area (Å²) < 4.78 is 0. The first-order valence-corrected chi connectivity index (χ1v) is 13.3. The summed E-state index contributed by atoms with van der Waals surface area (Å²) in [7, 11) is 0. The van der Waals surface area contributed by atoms with E-state index >= 15 is 0 Å². The Morgan fingerprint density at radius 1 is 0.487 bits per heavy atom. The van der Waals surface area contributed by atoms with Crippen molar-refractivity contribution >= 4 is 28.4 Å². The topological polar surface area (TPSA) is 32.5 Å². The van der Waals surface area contributed by atoms with E-state index in [0.29, 0.717) is 6.42 Å². The molecule has 0 fully saturated rings. The maximum atomic E-state index is 7.24. The van der Waals surface area contributed by atoms with Crippen LogP contribution in [0.15, 0.2) is 170 Å². The molecule has 0 aliphatic heterocycles. The first kappa shape index (κ1) is 24.5. The van der Waals surface area contributed by atoms with Crippen molar-refractivity contribution in [2.45, 2.75) is 12.0 Å². The average molecular weight is 506 g/mol. The van der Waals surface area contributed by atoms with Gasteiger partial charge in [0, 0.05) is 40.6 Å². The summed E-state index contributed by atoms with van der Waals surface area (Å²) in [5, 5.41) is 0. The van der Waals surface area contributed by atoms with Crippen LogP contribution in [0, 0.1) is 0 Å². The molecule has 0 radical (unpaired) electrons. The predicted octanol–water partition coefficient (Wildman–Crippen LogP) is 8.99. The number of para-hydroxylation sites is 4. The molecule has 0 saturated heterocycles. The smallest absolute Gasteiger partial charge is 0.0654 e. The fourth-order valence-electron chi connectivity index (χ4n) is 5.27. The molecular weight excluding hydrogens is 474 g/mol. The molecule has 1 aliphatic rings. The summed E-state index contributed by atoms with van der Waals surface area (Å²) in [6.45, 7) is 0. The SMILES string of the molecule is NC1(c2cccc(N(c3ccccc3)c3ccccc3)c2)C=CC=C(N(c2ccccc2)c2ccccc2)C1. The third-order valence-corrected chi connectivity index (χ3v) is 7.14. The Morgan fingerprint density at radius 2 is 0.923 bits per heavy atom. The normalized spacial score (nSPS) is 16.4. The molecule has 0 amide bonds. The Kier molecular flexibility index (Phi) is 6.82. The van der Waals surface area contributed by atoms with Crippen molar-refractivity contribution in [1.29, 1.82) is 0 Å². The van der Waals surface area contributed by atoms with Crippen LogP contribution in [-0.4, -0.2) is 0 Å². The number of benzene rings is 5. The zero-order valence-corrected chi connectivity index (χ0v) is 21.8. The van der Waals surface area contributed by atoms with Crippen molar-refractivity contribution in [3.63, 3.8) is 0 Å². The van der Waals surface area contributed by atoms with Gasteiger partial charge in [-0.25, -0.2) is 0 Å². The second kappa shape index (κ2) is 10.9. The van der Waals surface area contributed by atoms with Gasteiger partial charge in [0.25, 0.3) is 0 Å². The largest absolute Gasteiger partial charge is 0.318 e. The lowest BCUT2D eigenvalue weighted by molar-refractivity contribution is 0.544. The van der Waals surface area contributed by atoms with Gasteiger partial charge in [0.1, 0.15) is 0 Å². The van der Waals surface area contributed by atoms with E-state index in [4.69, 9.17) is 5.73 Å². The minimum Gasteiger partial charge on any atom is -0.318 e.